The van der Waals surface area contributed by atoms with Crippen LogP contribution in [0.15, 0.2) is 60.7 Å². The summed E-state index contributed by atoms with van der Waals surface area (Å²) in [5, 5.41) is 0. The highest BCUT2D eigenvalue weighted by molar-refractivity contribution is 7.81. The molecule has 0 spiro atoms. The summed E-state index contributed by atoms with van der Waals surface area (Å²) in [6, 6.07) is 17.8. The molecule has 1 aliphatic heterocycles. The predicted molar refractivity (Wildman–Crippen MR) is 124 cm³/mol. The third-order valence-electron chi connectivity index (χ3n) is 5.07. The number of benzene rings is 2. The minimum Gasteiger partial charge on any atom is -0.374 e. The molecule has 1 heterocycles. The van der Waals surface area contributed by atoms with Crippen molar-refractivity contribution >= 4 is 20.8 Å². The van der Waals surface area contributed by atoms with Crippen molar-refractivity contribution in [3.05, 3.63) is 71.8 Å². The van der Waals surface area contributed by atoms with Crippen molar-refractivity contribution in [3.63, 3.8) is 0 Å². The maximum atomic E-state index is 11.7. The van der Waals surface area contributed by atoms with Crippen LogP contribution in [0.5, 0.6) is 0 Å². The first-order chi connectivity index (χ1) is 17.1. The monoisotopic (exact) mass is 548 g/mol. The smallest absolute Gasteiger partial charge is 0.374 e. The van der Waals surface area contributed by atoms with Gasteiger partial charge in [-0.15, -0.1) is 0 Å². The van der Waals surface area contributed by atoms with Crippen LogP contribution < -0.4 is 0 Å². The van der Waals surface area contributed by atoms with Crippen molar-refractivity contribution in [1.82, 2.24) is 0 Å². The Labute approximate surface area is 209 Å². The molecule has 1 saturated heterocycles. The average molecular weight is 549 g/mol. The summed E-state index contributed by atoms with van der Waals surface area (Å²) in [7, 11) is -10.3. The Morgan fingerprint density at radius 2 is 1.28 bits per heavy atom. The standard InChI is InChI=1S/C22H28O12S2/c1-2-30-22-21(31-14-17-11-7-4-8-12-17)20(34-36(26,27)28)19(33-35(23,24)25)18(32-22)15-29-13-16-9-5-3-6-10-16/h3-12,18-22H,2,13-15H2,1H3,(H,23,24,25)(H,26,27,28)/t18-,19+,20+,21-,22?/m1/s1. The van der Waals surface area contributed by atoms with Crippen molar-refractivity contribution in [3.8, 4) is 0 Å². The fourth-order valence-corrected chi connectivity index (χ4v) is 4.64. The first-order valence-electron chi connectivity index (χ1n) is 10.9. The molecule has 14 heteroatoms. The van der Waals surface area contributed by atoms with E-state index in [4.69, 9.17) is 27.3 Å². The summed E-state index contributed by atoms with van der Waals surface area (Å²) in [5.41, 5.74) is 1.50. The summed E-state index contributed by atoms with van der Waals surface area (Å²) in [6.45, 7) is 1.48. The van der Waals surface area contributed by atoms with Gasteiger partial charge < -0.3 is 18.9 Å². The molecule has 0 amide bonds. The Kier molecular flexibility index (Phi) is 10.3. The number of hydrogen-bond donors (Lipinski definition) is 2. The van der Waals surface area contributed by atoms with Crippen LogP contribution in [0, 0.1) is 0 Å². The van der Waals surface area contributed by atoms with E-state index in [0.717, 1.165) is 5.56 Å². The number of rotatable bonds is 13. The number of ether oxygens (including phenoxy) is 4. The molecule has 1 fully saturated rings. The van der Waals surface area contributed by atoms with Gasteiger partial charge in [-0.1, -0.05) is 60.7 Å². The summed E-state index contributed by atoms with van der Waals surface area (Å²) >= 11 is 0. The van der Waals surface area contributed by atoms with Crippen molar-refractivity contribution in [2.75, 3.05) is 13.2 Å². The molecule has 0 saturated carbocycles. The highest BCUT2D eigenvalue weighted by Gasteiger charge is 2.52. The van der Waals surface area contributed by atoms with Crippen LogP contribution in [0.3, 0.4) is 0 Å². The zero-order chi connectivity index (χ0) is 26.2. The first-order valence-corrected chi connectivity index (χ1v) is 13.6. The Morgan fingerprint density at radius 3 is 1.81 bits per heavy atom. The molecule has 0 bridgehead atoms. The zero-order valence-corrected chi connectivity index (χ0v) is 20.9. The minimum atomic E-state index is -5.14. The summed E-state index contributed by atoms with van der Waals surface area (Å²) in [4.78, 5) is 0. The van der Waals surface area contributed by atoms with Gasteiger partial charge >= 0.3 is 20.8 Å². The molecule has 1 aliphatic rings. The van der Waals surface area contributed by atoms with Gasteiger partial charge in [0.2, 0.25) is 0 Å². The molecule has 1 unspecified atom stereocenters. The van der Waals surface area contributed by atoms with Crippen LogP contribution in [0.4, 0.5) is 0 Å². The van der Waals surface area contributed by atoms with Crippen LogP contribution in [-0.4, -0.2) is 69.9 Å². The molecule has 200 valence electrons. The lowest BCUT2D eigenvalue weighted by molar-refractivity contribution is -0.305. The molecule has 2 aromatic rings. The SMILES string of the molecule is CCOC1O[C@H](COCc2ccccc2)[C@H](OS(=O)(=O)O)[C@H](OS(=O)(=O)O)[C@H]1OCc1ccccc1. The fourth-order valence-electron chi connectivity index (χ4n) is 3.63. The van der Waals surface area contributed by atoms with E-state index in [1.165, 1.54) is 0 Å². The van der Waals surface area contributed by atoms with E-state index >= 15 is 0 Å². The third-order valence-corrected chi connectivity index (χ3v) is 6.00. The molecular formula is C22H28O12S2. The Hall–Kier alpha value is -1.98. The van der Waals surface area contributed by atoms with E-state index in [0.29, 0.717) is 5.56 Å². The van der Waals surface area contributed by atoms with Crippen LogP contribution in [0.1, 0.15) is 18.1 Å². The lowest BCUT2D eigenvalue weighted by atomic mass is 9.99. The second-order valence-corrected chi connectivity index (χ2v) is 9.83. The maximum absolute atomic E-state index is 11.7. The Balaban J connectivity index is 1.89. The van der Waals surface area contributed by atoms with Gasteiger partial charge in [-0.25, -0.2) is 8.37 Å². The highest BCUT2D eigenvalue weighted by atomic mass is 32.3. The lowest BCUT2D eigenvalue weighted by Crippen LogP contribution is -2.62. The largest absolute Gasteiger partial charge is 0.397 e. The van der Waals surface area contributed by atoms with Crippen molar-refractivity contribution in [2.45, 2.75) is 50.8 Å². The Morgan fingerprint density at radius 1 is 0.750 bits per heavy atom. The quantitative estimate of drug-likeness (QED) is 0.350. The summed E-state index contributed by atoms with van der Waals surface area (Å²) < 4.78 is 97.9. The van der Waals surface area contributed by atoms with Crippen molar-refractivity contribution in [1.29, 1.82) is 0 Å². The van der Waals surface area contributed by atoms with E-state index in [2.05, 4.69) is 0 Å². The van der Waals surface area contributed by atoms with Crippen molar-refractivity contribution in [2.24, 2.45) is 0 Å². The molecule has 0 aliphatic carbocycles. The normalized spacial score (nSPS) is 25.0. The van der Waals surface area contributed by atoms with Gasteiger partial charge in [0, 0.05) is 6.61 Å². The van der Waals surface area contributed by atoms with Crippen LogP contribution in [0.2, 0.25) is 0 Å². The molecule has 5 atom stereocenters. The van der Waals surface area contributed by atoms with Gasteiger partial charge in [0.25, 0.3) is 0 Å². The second kappa shape index (κ2) is 13.0. The molecule has 0 aromatic heterocycles. The van der Waals surface area contributed by atoms with E-state index in [9.17, 15) is 25.9 Å². The van der Waals surface area contributed by atoms with Crippen molar-refractivity contribution < 1.29 is 53.3 Å². The van der Waals surface area contributed by atoms with Crippen LogP contribution in [0.25, 0.3) is 0 Å². The van der Waals surface area contributed by atoms with Gasteiger partial charge in [-0.05, 0) is 18.1 Å². The van der Waals surface area contributed by atoms with Gasteiger partial charge in [0.1, 0.15) is 24.4 Å². The topological polar surface area (TPSA) is 164 Å². The van der Waals surface area contributed by atoms with Gasteiger partial charge in [0.15, 0.2) is 6.29 Å². The highest BCUT2D eigenvalue weighted by Crippen LogP contribution is 2.31. The summed E-state index contributed by atoms with van der Waals surface area (Å²) in [5.74, 6) is 0. The van der Waals surface area contributed by atoms with E-state index in [1.54, 1.807) is 61.5 Å². The molecule has 3 rings (SSSR count). The van der Waals surface area contributed by atoms with Crippen LogP contribution >= 0.6 is 0 Å². The lowest BCUT2D eigenvalue weighted by Gasteiger charge is -2.44. The molecule has 2 N–H and O–H groups in total. The zero-order valence-electron chi connectivity index (χ0n) is 19.3. The second-order valence-electron chi connectivity index (χ2n) is 7.74. The molecule has 12 nitrogen and oxygen atoms in total. The minimum absolute atomic E-state index is 0.0719. The van der Waals surface area contributed by atoms with E-state index in [1.807, 2.05) is 6.07 Å². The maximum Gasteiger partial charge on any atom is 0.397 e. The molecule has 0 radical (unpaired) electrons. The third kappa shape index (κ3) is 9.15. The number of hydrogen-bond acceptors (Lipinski definition) is 10. The molecule has 2 aromatic carbocycles. The van der Waals surface area contributed by atoms with Gasteiger partial charge in [0.05, 0.1) is 19.8 Å². The first kappa shape index (κ1) is 28.6. The molecule has 36 heavy (non-hydrogen) atoms. The van der Waals surface area contributed by atoms with Gasteiger partial charge in [-0.3, -0.25) is 9.11 Å². The predicted octanol–water partition coefficient (Wildman–Crippen LogP) is 1.93. The van der Waals surface area contributed by atoms with Gasteiger partial charge in [-0.2, -0.15) is 16.8 Å². The Bertz CT molecular complexity index is 1140. The van der Waals surface area contributed by atoms with E-state index in [-0.39, 0.29) is 26.4 Å². The fraction of sp³-hybridized carbons (Fsp3) is 0.455. The molecular weight excluding hydrogens is 520 g/mol. The summed E-state index contributed by atoms with van der Waals surface area (Å²) in [6.07, 6.45) is -7.58. The van der Waals surface area contributed by atoms with E-state index < -0.39 is 51.5 Å². The van der Waals surface area contributed by atoms with Crippen LogP contribution in [-0.2, 0) is 61.3 Å². The average Bonchev–Trinajstić information content (AvgIpc) is 2.81.